The van der Waals surface area contributed by atoms with Crippen LogP contribution in [0, 0.1) is 20.8 Å². The molecule has 0 radical (unpaired) electrons. The zero-order valence-corrected chi connectivity index (χ0v) is 14.0. The molecule has 0 spiro atoms. The van der Waals surface area contributed by atoms with Crippen molar-refractivity contribution >= 4 is 15.9 Å². The summed E-state index contributed by atoms with van der Waals surface area (Å²) in [6, 6.07) is 0. The Morgan fingerprint density at radius 3 is 2.16 bits per heavy atom. The van der Waals surface area contributed by atoms with E-state index in [1.807, 2.05) is 0 Å². The van der Waals surface area contributed by atoms with Crippen LogP contribution >= 0.6 is 15.9 Å². The standard InChI is InChI=1S/C16H24BrNO/c1-10-11(2)15(19-4)13(12(3)14(10)17)16(9-18)7-5-6-8-16/h5-9,18H2,1-4H3. The lowest BCUT2D eigenvalue weighted by Gasteiger charge is -2.33. The SMILES string of the molecule is COc1c(C)c(C)c(Br)c(C)c1C1(CN)CCCC1. The van der Waals surface area contributed by atoms with Crippen LogP contribution < -0.4 is 10.5 Å². The predicted molar refractivity (Wildman–Crippen MR) is 84.1 cm³/mol. The van der Waals surface area contributed by atoms with Gasteiger partial charge >= 0.3 is 0 Å². The maximum absolute atomic E-state index is 6.16. The summed E-state index contributed by atoms with van der Waals surface area (Å²) in [4.78, 5) is 0. The van der Waals surface area contributed by atoms with Gasteiger partial charge in [-0.15, -0.1) is 0 Å². The van der Waals surface area contributed by atoms with E-state index >= 15 is 0 Å². The highest BCUT2D eigenvalue weighted by Gasteiger charge is 2.39. The van der Waals surface area contributed by atoms with Crippen LogP contribution in [0.2, 0.25) is 0 Å². The maximum atomic E-state index is 6.16. The van der Waals surface area contributed by atoms with Gasteiger partial charge in [-0.3, -0.25) is 0 Å². The number of nitrogens with two attached hydrogens (primary N) is 1. The predicted octanol–water partition coefficient (Wildman–Crippen LogP) is 4.15. The average molecular weight is 326 g/mol. The van der Waals surface area contributed by atoms with Gasteiger partial charge in [0.2, 0.25) is 0 Å². The van der Waals surface area contributed by atoms with E-state index in [0.29, 0.717) is 6.54 Å². The Balaban J connectivity index is 2.74. The van der Waals surface area contributed by atoms with E-state index < -0.39 is 0 Å². The molecule has 0 bridgehead atoms. The van der Waals surface area contributed by atoms with Crippen molar-refractivity contribution < 1.29 is 4.74 Å². The van der Waals surface area contributed by atoms with Gasteiger partial charge in [0.15, 0.2) is 0 Å². The summed E-state index contributed by atoms with van der Waals surface area (Å²) < 4.78 is 6.96. The Bertz CT molecular complexity index is 490. The number of rotatable bonds is 3. The van der Waals surface area contributed by atoms with Gasteiger partial charge in [-0.25, -0.2) is 0 Å². The Hall–Kier alpha value is -0.540. The van der Waals surface area contributed by atoms with Gasteiger partial charge in [0.05, 0.1) is 7.11 Å². The summed E-state index contributed by atoms with van der Waals surface area (Å²) in [7, 11) is 1.78. The molecule has 0 saturated heterocycles. The lowest BCUT2D eigenvalue weighted by atomic mass is 9.75. The first-order chi connectivity index (χ1) is 8.98. The van der Waals surface area contributed by atoms with Crippen LogP contribution in [0.25, 0.3) is 0 Å². The van der Waals surface area contributed by atoms with Crippen molar-refractivity contribution in [3.05, 3.63) is 26.7 Å². The van der Waals surface area contributed by atoms with Crippen molar-refractivity contribution in [3.8, 4) is 5.75 Å². The highest BCUT2D eigenvalue weighted by atomic mass is 79.9. The van der Waals surface area contributed by atoms with Gasteiger partial charge < -0.3 is 10.5 Å². The van der Waals surface area contributed by atoms with Crippen molar-refractivity contribution in [1.82, 2.24) is 0 Å². The molecule has 0 amide bonds. The molecule has 0 unspecified atom stereocenters. The molecule has 1 saturated carbocycles. The quantitative estimate of drug-likeness (QED) is 0.905. The number of hydrogen-bond donors (Lipinski definition) is 1. The molecule has 1 aliphatic carbocycles. The summed E-state index contributed by atoms with van der Waals surface area (Å²) >= 11 is 3.75. The molecule has 106 valence electrons. The molecule has 19 heavy (non-hydrogen) atoms. The van der Waals surface area contributed by atoms with Crippen molar-refractivity contribution in [1.29, 1.82) is 0 Å². The fraction of sp³-hybridized carbons (Fsp3) is 0.625. The number of methoxy groups -OCH3 is 1. The number of ether oxygens (including phenoxy) is 1. The number of benzene rings is 1. The number of halogens is 1. The molecule has 0 aromatic heterocycles. The van der Waals surface area contributed by atoms with Crippen molar-refractivity contribution in [2.75, 3.05) is 13.7 Å². The Kier molecular flexibility index (Phi) is 4.26. The van der Waals surface area contributed by atoms with Crippen molar-refractivity contribution in [2.24, 2.45) is 5.73 Å². The topological polar surface area (TPSA) is 35.2 Å². The Morgan fingerprint density at radius 1 is 1.11 bits per heavy atom. The molecular formula is C16H24BrNO. The van der Waals surface area contributed by atoms with Gasteiger partial charge in [0, 0.05) is 22.0 Å². The van der Waals surface area contributed by atoms with Crippen LogP contribution in [0.5, 0.6) is 5.75 Å². The van der Waals surface area contributed by atoms with Crippen LogP contribution in [-0.2, 0) is 5.41 Å². The summed E-state index contributed by atoms with van der Waals surface area (Å²) in [5.41, 5.74) is 11.4. The van der Waals surface area contributed by atoms with Gasteiger partial charge in [-0.1, -0.05) is 28.8 Å². The van der Waals surface area contributed by atoms with Crippen LogP contribution in [0.4, 0.5) is 0 Å². The van der Waals surface area contributed by atoms with E-state index in [-0.39, 0.29) is 5.41 Å². The second-order valence-corrected chi connectivity index (χ2v) is 6.58. The molecule has 1 aromatic rings. The van der Waals surface area contributed by atoms with E-state index in [9.17, 15) is 0 Å². The molecule has 0 heterocycles. The Labute approximate surface area is 124 Å². The van der Waals surface area contributed by atoms with Gasteiger partial charge in [0.1, 0.15) is 5.75 Å². The van der Waals surface area contributed by atoms with Gasteiger partial charge in [-0.05, 0) is 50.3 Å². The molecule has 0 aliphatic heterocycles. The molecule has 2 rings (SSSR count). The highest BCUT2D eigenvalue weighted by molar-refractivity contribution is 9.10. The van der Waals surface area contributed by atoms with E-state index in [1.165, 1.54) is 52.4 Å². The monoisotopic (exact) mass is 325 g/mol. The third-order valence-electron chi connectivity index (χ3n) is 4.85. The zero-order chi connectivity index (χ0) is 14.2. The summed E-state index contributed by atoms with van der Waals surface area (Å²) in [5.74, 6) is 1.05. The second kappa shape index (κ2) is 5.45. The van der Waals surface area contributed by atoms with E-state index in [4.69, 9.17) is 10.5 Å². The smallest absolute Gasteiger partial charge is 0.126 e. The molecule has 1 aliphatic rings. The highest BCUT2D eigenvalue weighted by Crippen LogP contribution is 2.49. The van der Waals surface area contributed by atoms with Crippen LogP contribution in [-0.4, -0.2) is 13.7 Å². The summed E-state index contributed by atoms with van der Waals surface area (Å²) in [6.07, 6.45) is 4.89. The fourth-order valence-electron chi connectivity index (χ4n) is 3.59. The normalized spacial score (nSPS) is 17.8. The minimum absolute atomic E-state index is 0.108. The molecular weight excluding hydrogens is 302 g/mol. The second-order valence-electron chi connectivity index (χ2n) is 5.79. The third-order valence-corrected chi connectivity index (χ3v) is 6.04. The first kappa shape index (κ1) is 14.9. The third kappa shape index (κ3) is 2.21. The van der Waals surface area contributed by atoms with E-state index in [0.717, 1.165) is 5.75 Å². The largest absolute Gasteiger partial charge is 0.496 e. The zero-order valence-electron chi connectivity index (χ0n) is 12.4. The molecule has 3 heteroatoms. The first-order valence-corrected chi connectivity index (χ1v) is 7.81. The lowest BCUT2D eigenvalue weighted by Crippen LogP contribution is -2.33. The van der Waals surface area contributed by atoms with Gasteiger partial charge in [0.25, 0.3) is 0 Å². The molecule has 1 aromatic carbocycles. The van der Waals surface area contributed by atoms with Crippen LogP contribution in [0.1, 0.15) is 47.9 Å². The molecule has 2 N–H and O–H groups in total. The minimum atomic E-state index is 0.108. The number of hydrogen-bond acceptors (Lipinski definition) is 2. The molecule has 0 atom stereocenters. The lowest BCUT2D eigenvalue weighted by molar-refractivity contribution is 0.373. The van der Waals surface area contributed by atoms with Crippen molar-refractivity contribution in [3.63, 3.8) is 0 Å². The maximum Gasteiger partial charge on any atom is 0.126 e. The fourth-order valence-corrected chi connectivity index (χ4v) is 4.08. The van der Waals surface area contributed by atoms with E-state index in [2.05, 4.69) is 36.7 Å². The van der Waals surface area contributed by atoms with Crippen molar-refractivity contribution in [2.45, 2.75) is 51.9 Å². The minimum Gasteiger partial charge on any atom is -0.496 e. The molecule has 2 nitrogen and oxygen atoms in total. The average Bonchev–Trinajstić information content (AvgIpc) is 2.90. The van der Waals surface area contributed by atoms with Crippen LogP contribution in [0.3, 0.4) is 0 Å². The summed E-state index contributed by atoms with van der Waals surface area (Å²) in [6.45, 7) is 7.17. The van der Waals surface area contributed by atoms with Crippen LogP contribution in [0.15, 0.2) is 4.47 Å². The van der Waals surface area contributed by atoms with E-state index in [1.54, 1.807) is 7.11 Å². The summed E-state index contributed by atoms with van der Waals surface area (Å²) in [5, 5.41) is 0. The Morgan fingerprint density at radius 2 is 1.68 bits per heavy atom. The van der Waals surface area contributed by atoms with Gasteiger partial charge in [-0.2, -0.15) is 0 Å². The molecule has 1 fully saturated rings. The first-order valence-electron chi connectivity index (χ1n) is 7.02.